The molecule has 1 saturated heterocycles. The lowest BCUT2D eigenvalue weighted by Crippen LogP contribution is -2.36. The normalized spacial score (nSPS) is 16.0. The van der Waals surface area contributed by atoms with Gasteiger partial charge in [-0.1, -0.05) is 24.3 Å². The first kappa shape index (κ1) is 17.8. The molecule has 1 fully saturated rings. The zero-order valence-electron chi connectivity index (χ0n) is 15.1. The van der Waals surface area contributed by atoms with Crippen LogP contribution in [0.25, 0.3) is 10.2 Å². The summed E-state index contributed by atoms with van der Waals surface area (Å²) in [5.74, 6) is 6.36. The van der Waals surface area contributed by atoms with Crippen LogP contribution in [0.1, 0.15) is 23.4 Å². The van der Waals surface area contributed by atoms with Crippen LogP contribution in [0.2, 0.25) is 0 Å². The molecule has 1 aromatic heterocycles. The van der Waals surface area contributed by atoms with Gasteiger partial charge in [0.05, 0.1) is 15.2 Å². The maximum Gasteiger partial charge on any atom is 0.154 e. The summed E-state index contributed by atoms with van der Waals surface area (Å²) >= 11 is 1.82. The van der Waals surface area contributed by atoms with Crippen molar-refractivity contribution in [1.82, 2.24) is 10.5 Å². The molecule has 4 rings (SSSR count). The van der Waals surface area contributed by atoms with Crippen molar-refractivity contribution in [3.8, 4) is 0 Å². The number of amidine groups is 1. The highest BCUT2D eigenvalue weighted by Crippen LogP contribution is 2.30. The first-order valence-corrected chi connectivity index (χ1v) is 10.0. The third-order valence-corrected chi connectivity index (χ3v) is 6.18. The fourth-order valence-corrected chi connectivity index (χ4v) is 4.81. The molecule has 0 aliphatic carbocycles. The van der Waals surface area contributed by atoms with Crippen LogP contribution < -0.4 is 22.0 Å². The molecule has 5 N–H and O–H groups in total. The Morgan fingerprint density at radius 3 is 2.67 bits per heavy atom. The molecule has 0 atom stereocenters. The third kappa shape index (κ3) is 3.89. The molecular weight excluding hydrogens is 356 g/mol. The van der Waals surface area contributed by atoms with E-state index in [-0.39, 0.29) is 0 Å². The minimum absolute atomic E-state index is 0.407. The van der Waals surface area contributed by atoms with Crippen molar-refractivity contribution >= 4 is 33.1 Å². The Labute approximate surface area is 162 Å². The van der Waals surface area contributed by atoms with E-state index in [9.17, 15) is 0 Å². The Morgan fingerprint density at radius 2 is 1.89 bits per heavy atom. The summed E-state index contributed by atoms with van der Waals surface area (Å²) in [7, 11) is 0. The predicted octanol–water partition coefficient (Wildman–Crippen LogP) is 2.84. The van der Waals surface area contributed by atoms with E-state index in [2.05, 4.69) is 45.9 Å². The number of para-hydroxylation sites is 2. The van der Waals surface area contributed by atoms with Crippen LogP contribution >= 0.6 is 11.3 Å². The number of rotatable bonds is 5. The number of hydrogen-bond acceptors (Lipinski definition) is 6. The van der Waals surface area contributed by atoms with Crippen LogP contribution in [-0.4, -0.2) is 23.9 Å². The van der Waals surface area contributed by atoms with Crippen molar-refractivity contribution in [2.75, 3.05) is 18.0 Å². The van der Waals surface area contributed by atoms with Gasteiger partial charge in [-0.15, -0.1) is 16.4 Å². The van der Waals surface area contributed by atoms with Crippen LogP contribution in [-0.2, 0) is 6.42 Å². The van der Waals surface area contributed by atoms with Crippen molar-refractivity contribution in [2.45, 2.75) is 19.3 Å². The van der Waals surface area contributed by atoms with Gasteiger partial charge in [-0.05, 0) is 43.0 Å². The van der Waals surface area contributed by atoms with Gasteiger partial charge in [-0.2, -0.15) is 0 Å². The molecule has 0 radical (unpaired) electrons. The lowest BCUT2D eigenvalue weighted by atomic mass is 9.93. The summed E-state index contributed by atoms with van der Waals surface area (Å²) < 4.78 is 1.28. The van der Waals surface area contributed by atoms with Crippen molar-refractivity contribution < 1.29 is 0 Å². The molecule has 3 aromatic rings. The highest BCUT2D eigenvalue weighted by atomic mass is 32.1. The molecular formula is C20H24N6S. The zero-order valence-corrected chi connectivity index (χ0v) is 16.0. The van der Waals surface area contributed by atoms with Gasteiger partial charge in [0.2, 0.25) is 0 Å². The first-order valence-electron chi connectivity index (χ1n) is 9.22. The summed E-state index contributed by atoms with van der Waals surface area (Å²) in [6.07, 6.45) is 3.36. The highest BCUT2D eigenvalue weighted by Gasteiger charge is 2.23. The molecule has 27 heavy (non-hydrogen) atoms. The average Bonchev–Trinajstić information content (AvgIpc) is 3.11. The Bertz CT molecular complexity index is 909. The monoisotopic (exact) mass is 380 g/mol. The number of fused-ring (bicyclic) bond motifs is 1. The first-order chi connectivity index (χ1) is 13.2. The number of nitrogens with two attached hydrogens (primary N) is 2. The summed E-state index contributed by atoms with van der Waals surface area (Å²) in [6.45, 7) is 2.02. The molecule has 0 bridgehead atoms. The summed E-state index contributed by atoms with van der Waals surface area (Å²) in [4.78, 5) is 7.19. The second kappa shape index (κ2) is 7.94. The van der Waals surface area contributed by atoms with Crippen molar-refractivity contribution in [2.24, 2.45) is 22.6 Å². The SMILES string of the molecule is NN/N=C(\N)c1ccccc1N1CCC(Cc2nc3ccccc3s2)CC1. The van der Waals surface area contributed by atoms with Crippen LogP contribution in [0.5, 0.6) is 0 Å². The minimum atomic E-state index is 0.407. The number of benzene rings is 2. The molecule has 0 unspecified atom stereocenters. The molecule has 2 heterocycles. The van der Waals surface area contributed by atoms with Gasteiger partial charge in [0.1, 0.15) is 0 Å². The van der Waals surface area contributed by atoms with E-state index in [1.807, 2.05) is 29.5 Å². The van der Waals surface area contributed by atoms with Crippen molar-refractivity contribution in [3.63, 3.8) is 0 Å². The minimum Gasteiger partial charge on any atom is -0.382 e. The standard InChI is InChI=1S/C20H24N6S/c21-20(24-25-22)15-5-1-3-7-17(15)26-11-9-14(10-12-26)13-19-23-16-6-2-4-8-18(16)27-19/h1-8,14,25H,9-13,22H2,(H2,21,24). The number of hydrazine groups is 1. The molecule has 0 amide bonds. The average molecular weight is 381 g/mol. The smallest absolute Gasteiger partial charge is 0.154 e. The van der Waals surface area contributed by atoms with E-state index in [1.54, 1.807) is 0 Å². The van der Waals surface area contributed by atoms with Crippen molar-refractivity contribution in [1.29, 1.82) is 0 Å². The molecule has 0 spiro atoms. The molecule has 140 valence electrons. The molecule has 2 aromatic carbocycles. The summed E-state index contributed by atoms with van der Waals surface area (Å²) in [5, 5.41) is 5.18. The van der Waals surface area contributed by atoms with Crippen LogP contribution in [0.3, 0.4) is 0 Å². The number of aromatic nitrogens is 1. The van der Waals surface area contributed by atoms with Gasteiger partial charge < -0.3 is 10.6 Å². The van der Waals surface area contributed by atoms with Gasteiger partial charge >= 0.3 is 0 Å². The van der Waals surface area contributed by atoms with E-state index < -0.39 is 0 Å². The Morgan fingerprint density at radius 1 is 1.15 bits per heavy atom. The second-order valence-electron chi connectivity index (χ2n) is 6.85. The second-order valence-corrected chi connectivity index (χ2v) is 7.97. The summed E-state index contributed by atoms with van der Waals surface area (Å²) in [6, 6.07) is 16.5. The number of piperidine rings is 1. The van der Waals surface area contributed by atoms with E-state index in [4.69, 9.17) is 16.6 Å². The largest absolute Gasteiger partial charge is 0.382 e. The number of hydrazone groups is 1. The zero-order chi connectivity index (χ0) is 18.6. The Hall–Kier alpha value is -2.64. The Kier molecular flexibility index (Phi) is 5.22. The molecule has 1 aliphatic heterocycles. The lowest BCUT2D eigenvalue weighted by molar-refractivity contribution is 0.403. The number of anilines is 1. The van der Waals surface area contributed by atoms with Gasteiger partial charge in [-0.25, -0.2) is 16.4 Å². The van der Waals surface area contributed by atoms with Crippen LogP contribution in [0.15, 0.2) is 53.6 Å². The van der Waals surface area contributed by atoms with Gasteiger partial charge in [0.25, 0.3) is 0 Å². The summed E-state index contributed by atoms with van der Waals surface area (Å²) in [5.41, 5.74) is 11.5. The number of nitrogens with one attached hydrogen (secondary N) is 1. The van der Waals surface area contributed by atoms with E-state index in [0.717, 1.165) is 49.1 Å². The number of hydrogen-bond donors (Lipinski definition) is 3. The molecule has 1 aliphatic rings. The topological polar surface area (TPSA) is 92.6 Å². The van der Waals surface area contributed by atoms with Gasteiger partial charge in [-0.3, -0.25) is 0 Å². The predicted molar refractivity (Wildman–Crippen MR) is 113 cm³/mol. The molecule has 0 saturated carbocycles. The van der Waals surface area contributed by atoms with Crippen LogP contribution in [0.4, 0.5) is 5.69 Å². The molecule has 6 nitrogen and oxygen atoms in total. The quantitative estimate of drug-likeness (QED) is 0.274. The maximum atomic E-state index is 6.05. The number of nitrogens with zero attached hydrogens (tertiary/aromatic N) is 3. The van der Waals surface area contributed by atoms with E-state index >= 15 is 0 Å². The fraction of sp³-hybridized carbons (Fsp3) is 0.300. The van der Waals surface area contributed by atoms with Crippen LogP contribution in [0, 0.1) is 5.92 Å². The highest BCUT2D eigenvalue weighted by molar-refractivity contribution is 7.18. The van der Waals surface area contributed by atoms with E-state index in [1.165, 1.54) is 9.71 Å². The van der Waals surface area contributed by atoms with Crippen molar-refractivity contribution in [3.05, 3.63) is 59.1 Å². The van der Waals surface area contributed by atoms with E-state index in [0.29, 0.717) is 11.8 Å². The lowest BCUT2D eigenvalue weighted by Gasteiger charge is -2.34. The maximum absolute atomic E-state index is 6.05. The van der Waals surface area contributed by atoms with Gasteiger partial charge in [0.15, 0.2) is 5.84 Å². The third-order valence-electron chi connectivity index (χ3n) is 5.12. The number of thiazole rings is 1. The molecule has 7 heteroatoms. The van der Waals surface area contributed by atoms with Gasteiger partial charge in [0, 0.05) is 30.8 Å². The Balaban J connectivity index is 1.43. The fourth-order valence-electron chi connectivity index (χ4n) is 3.73.